The number of hydrogen-bond donors (Lipinski definition) is 1. The second-order valence-electron chi connectivity index (χ2n) is 3.26. The predicted molar refractivity (Wildman–Crippen MR) is 64.8 cm³/mol. The lowest BCUT2D eigenvalue weighted by atomic mass is 10.4. The molecule has 1 aliphatic heterocycles. The van der Waals surface area contributed by atoms with E-state index in [2.05, 4.69) is 42.8 Å². The first-order valence-corrected chi connectivity index (χ1v) is 6.25. The first kappa shape index (κ1) is 10.1. The van der Waals surface area contributed by atoms with Crippen LogP contribution in [0.3, 0.4) is 0 Å². The van der Waals surface area contributed by atoms with E-state index in [1.807, 2.05) is 12.4 Å². The average Bonchev–Trinajstić information content (AvgIpc) is 2.30. The second-order valence-corrected chi connectivity index (χ2v) is 4.02. The van der Waals surface area contributed by atoms with Crippen LogP contribution in [0.5, 0.6) is 0 Å². The lowest BCUT2D eigenvalue weighted by molar-refractivity contribution is 0.579. The van der Waals surface area contributed by atoms with Crippen LogP contribution >= 0.6 is 22.6 Å². The lowest BCUT2D eigenvalue weighted by Gasteiger charge is -2.27. The molecular formula is C9H13IN4. The van der Waals surface area contributed by atoms with Crippen LogP contribution in [0.1, 0.15) is 5.56 Å². The van der Waals surface area contributed by atoms with Crippen molar-refractivity contribution in [1.29, 1.82) is 0 Å². The van der Waals surface area contributed by atoms with Gasteiger partial charge in [-0.25, -0.2) is 9.97 Å². The van der Waals surface area contributed by atoms with E-state index in [-0.39, 0.29) is 0 Å². The van der Waals surface area contributed by atoms with Crippen molar-refractivity contribution >= 4 is 28.5 Å². The number of piperazine rings is 1. The quantitative estimate of drug-likeness (QED) is 0.649. The number of halogens is 1. The van der Waals surface area contributed by atoms with E-state index in [1.165, 1.54) is 5.56 Å². The van der Waals surface area contributed by atoms with E-state index >= 15 is 0 Å². The molecular weight excluding hydrogens is 291 g/mol. The molecule has 1 aliphatic rings. The number of nitrogens with zero attached hydrogens (tertiary/aromatic N) is 3. The minimum atomic E-state index is 0.861. The third kappa shape index (κ3) is 2.33. The standard InChI is InChI=1S/C9H13IN4/c10-5-8-6-12-9(13-7-8)14-3-1-11-2-4-14/h6-7,11H,1-5H2. The monoisotopic (exact) mass is 304 g/mol. The molecule has 5 heteroatoms. The van der Waals surface area contributed by atoms with Crippen LogP contribution in [0.2, 0.25) is 0 Å². The van der Waals surface area contributed by atoms with Crippen LogP contribution in [-0.4, -0.2) is 36.1 Å². The number of aromatic nitrogens is 2. The van der Waals surface area contributed by atoms with Crippen molar-refractivity contribution in [2.75, 3.05) is 31.1 Å². The maximum Gasteiger partial charge on any atom is 0.225 e. The molecule has 0 saturated carbocycles. The summed E-state index contributed by atoms with van der Waals surface area (Å²) in [6.45, 7) is 4.06. The SMILES string of the molecule is ICc1cnc(N2CCNCC2)nc1. The molecule has 2 heterocycles. The molecule has 0 amide bonds. The molecule has 1 fully saturated rings. The lowest BCUT2D eigenvalue weighted by Crippen LogP contribution is -2.44. The minimum Gasteiger partial charge on any atom is -0.338 e. The summed E-state index contributed by atoms with van der Waals surface area (Å²) in [6, 6.07) is 0. The Morgan fingerprint density at radius 3 is 2.50 bits per heavy atom. The maximum atomic E-state index is 4.36. The van der Waals surface area contributed by atoms with Gasteiger partial charge in [0, 0.05) is 43.0 Å². The second kappa shape index (κ2) is 4.88. The topological polar surface area (TPSA) is 41.1 Å². The predicted octanol–water partition coefficient (Wildman–Crippen LogP) is 0.821. The summed E-state index contributed by atoms with van der Waals surface area (Å²) in [4.78, 5) is 10.9. The fraction of sp³-hybridized carbons (Fsp3) is 0.556. The van der Waals surface area contributed by atoms with E-state index < -0.39 is 0 Å². The van der Waals surface area contributed by atoms with Crippen LogP contribution in [0.15, 0.2) is 12.4 Å². The molecule has 1 saturated heterocycles. The number of rotatable bonds is 2. The van der Waals surface area contributed by atoms with E-state index in [9.17, 15) is 0 Å². The van der Waals surface area contributed by atoms with Gasteiger partial charge < -0.3 is 10.2 Å². The Bertz CT molecular complexity index is 281. The summed E-state index contributed by atoms with van der Waals surface area (Å²) in [5.74, 6) is 0.861. The highest BCUT2D eigenvalue weighted by molar-refractivity contribution is 14.1. The van der Waals surface area contributed by atoms with Crippen molar-refractivity contribution in [1.82, 2.24) is 15.3 Å². The normalized spacial score (nSPS) is 17.1. The van der Waals surface area contributed by atoms with Crippen molar-refractivity contribution in [3.05, 3.63) is 18.0 Å². The van der Waals surface area contributed by atoms with Gasteiger partial charge in [-0.1, -0.05) is 22.6 Å². The summed E-state index contributed by atoms with van der Waals surface area (Å²) in [7, 11) is 0. The van der Waals surface area contributed by atoms with Gasteiger partial charge in [0.25, 0.3) is 0 Å². The van der Waals surface area contributed by atoms with Crippen molar-refractivity contribution in [3.8, 4) is 0 Å². The Morgan fingerprint density at radius 2 is 1.93 bits per heavy atom. The zero-order chi connectivity index (χ0) is 9.80. The molecule has 0 spiro atoms. The van der Waals surface area contributed by atoms with Crippen LogP contribution < -0.4 is 10.2 Å². The summed E-state index contributed by atoms with van der Waals surface area (Å²) >= 11 is 2.32. The Balaban J connectivity index is 2.07. The van der Waals surface area contributed by atoms with E-state index in [4.69, 9.17) is 0 Å². The molecule has 14 heavy (non-hydrogen) atoms. The molecule has 1 N–H and O–H groups in total. The summed E-state index contributed by atoms with van der Waals surface area (Å²) in [5.41, 5.74) is 1.18. The average molecular weight is 304 g/mol. The smallest absolute Gasteiger partial charge is 0.225 e. The highest BCUT2D eigenvalue weighted by Crippen LogP contribution is 2.09. The first-order chi connectivity index (χ1) is 6.90. The molecule has 76 valence electrons. The molecule has 0 radical (unpaired) electrons. The molecule has 0 atom stereocenters. The van der Waals surface area contributed by atoms with Gasteiger partial charge in [-0.2, -0.15) is 0 Å². The third-order valence-corrected chi connectivity index (χ3v) is 3.13. The summed E-state index contributed by atoms with van der Waals surface area (Å²) < 4.78 is 0.972. The zero-order valence-corrected chi connectivity index (χ0v) is 10.1. The molecule has 4 nitrogen and oxygen atoms in total. The van der Waals surface area contributed by atoms with Crippen molar-refractivity contribution in [2.45, 2.75) is 4.43 Å². The van der Waals surface area contributed by atoms with Crippen LogP contribution in [-0.2, 0) is 4.43 Å². The van der Waals surface area contributed by atoms with Crippen LogP contribution in [0.25, 0.3) is 0 Å². The fourth-order valence-electron chi connectivity index (χ4n) is 1.45. The number of anilines is 1. The highest BCUT2D eigenvalue weighted by Gasteiger charge is 2.11. The number of nitrogens with one attached hydrogen (secondary N) is 1. The first-order valence-electron chi connectivity index (χ1n) is 4.72. The van der Waals surface area contributed by atoms with Crippen molar-refractivity contribution < 1.29 is 0 Å². The van der Waals surface area contributed by atoms with Gasteiger partial charge in [-0.05, 0) is 5.56 Å². The summed E-state index contributed by atoms with van der Waals surface area (Å²) in [5, 5.41) is 3.31. The molecule has 0 bridgehead atoms. The zero-order valence-electron chi connectivity index (χ0n) is 7.91. The fourth-order valence-corrected chi connectivity index (χ4v) is 1.84. The van der Waals surface area contributed by atoms with Gasteiger partial charge in [0.1, 0.15) is 0 Å². The van der Waals surface area contributed by atoms with Gasteiger partial charge in [-0.3, -0.25) is 0 Å². The van der Waals surface area contributed by atoms with Crippen molar-refractivity contribution in [3.63, 3.8) is 0 Å². The molecule has 0 aliphatic carbocycles. The van der Waals surface area contributed by atoms with Gasteiger partial charge in [0.15, 0.2) is 0 Å². The number of alkyl halides is 1. The summed E-state index contributed by atoms with van der Waals surface area (Å²) in [6.07, 6.45) is 3.83. The molecule has 2 rings (SSSR count). The van der Waals surface area contributed by atoms with Crippen molar-refractivity contribution in [2.24, 2.45) is 0 Å². The van der Waals surface area contributed by atoms with E-state index in [0.717, 1.165) is 36.6 Å². The Kier molecular flexibility index (Phi) is 3.52. The van der Waals surface area contributed by atoms with E-state index in [1.54, 1.807) is 0 Å². The molecule has 0 unspecified atom stereocenters. The third-order valence-electron chi connectivity index (χ3n) is 2.25. The Hall–Kier alpha value is -0.430. The largest absolute Gasteiger partial charge is 0.338 e. The highest BCUT2D eigenvalue weighted by atomic mass is 127. The Labute approximate surface area is 97.3 Å². The van der Waals surface area contributed by atoms with Crippen LogP contribution in [0, 0.1) is 0 Å². The van der Waals surface area contributed by atoms with Gasteiger partial charge in [-0.15, -0.1) is 0 Å². The van der Waals surface area contributed by atoms with E-state index in [0.29, 0.717) is 0 Å². The van der Waals surface area contributed by atoms with Gasteiger partial charge in [0.05, 0.1) is 0 Å². The van der Waals surface area contributed by atoms with Gasteiger partial charge in [0.2, 0.25) is 5.95 Å². The molecule has 0 aromatic carbocycles. The number of hydrogen-bond acceptors (Lipinski definition) is 4. The minimum absolute atomic E-state index is 0.861. The molecule has 1 aromatic rings. The molecule has 1 aromatic heterocycles. The van der Waals surface area contributed by atoms with Crippen LogP contribution in [0.4, 0.5) is 5.95 Å². The Morgan fingerprint density at radius 1 is 1.29 bits per heavy atom. The van der Waals surface area contributed by atoms with Gasteiger partial charge >= 0.3 is 0 Å². The maximum absolute atomic E-state index is 4.36.